The van der Waals surface area contributed by atoms with E-state index in [-0.39, 0.29) is 0 Å². The smallest absolute Gasteiger partial charge is 0.412 e. The lowest BCUT2D eigenvalue weighted by atomic mass is 10.1. The van der Waals surface area contributed by atoms with E-state index in [1.165, 1.54) is 0 Å². The van der Waals surface area contributed by atoms with Crippen LogP contribution in [0.4, 0.5) is 13.2 Å². The number of carboxylic acids is 1. The van der Waals surface area contributed by atoms with Gasteiger partial charge in [0, 0.05) is 12.0 Å². The molecule has 82 valence electrons. The maximum Gasteiger partial charge on any atom is 0.412 e. The number of unbranched alkanes of at least 4 members (excludes halogenated alkanes) is 1. The molecule has 5 heteroatoms. The van der Waals surface area contributed by atoms with Crippen molar-refractivity contribution in [2.24, 2.45) is 0 Å². The predicted octanol–water partition coefficient (Wildman–Crippen LogP) is 3.14. The maximum absolute atomic E-state index is 12.2. The number of allylic oxidation sites excluding steroid dienone is 2. The summed E-state index contributed by atoms with van der Waals surface area (Å²) >= 11 is 0. The van der Waals surface area contributed by atoms with Gasteiger partial charge in [-0.2, -0.15) is 13.2 Å². The van der Waals surface area contributed by atoms with Crippen molar-refractivity contribution in [3.8, 4) is 0 Å². The van der Waals surface area contributed by atoms with Gasteiger partial charge in [0.2, 0.25) is 0 Å². The van der Waals surface area contributed by atoms with Gasteiger partial charge in [0.15, 0.2) is 0 Å². The molecule has 0 aromatic heterocycles. The highest BCUT2D eigenvalue weighted by Crippen LogP contribution is 2.29. The van der Waals surface area contributed by atoms with E-state index in [1.807, 2.05) is 0 Å². The van der Waals surface area contributed by atoms with Crippen LogP contribution in [-0.2, 0) is 4.79 Å². The molecule has 0 amide bonds. The molecule has 0 aliphatic rings. The van der Waals surface area contributed by atoms with Crippen LogP contribution in [0.15, 0.2) is 11.6 Å². The van der Waals surface area contributed by atoms with Gasteiger partial charge in [-0.15, -0.1) is 0 Å². The van der Waals surface area contributed by atoms with Gasteiger partial charge in [0.05, 0.1) is 0 Å². The molecule has 0 aromatic rings. The third-order valence-corrected chi connectivity index (χ3v) is 1.65. The van der Waals surface area contributed by atoms with E-state index in [0.29, 0.717) is 12.8 Å². The summed E-state index contributed by atoms with van der Waals surface area (Å²) in [7, 11) is 0. The van der Waals surface area contributed by atoms with Crippen molar-refractivity contribution in [1.29, 1.82) is 0 Å². The summed E-state index contributed by atoms with van der Waals surface area (Å²) in [5.74, 6) is -1.21. The number of aliphatic carboxylic acids is 1. The normalized spacial score (nSPS) is 13.0. The second-order valence-electron chi connectivity index (χ2n) is 2.91. The first kappa shape index (κ1) is 13.0. The quantitative estimate of drug-likeness (QED) is 0.708. The summed E-state index contributed by atoms with van der Waals surface area (Å²) in [6.07, 6.45) is -3.30. The number of hydrogen-bond acceptors (Lipinski definition) is 1. The Hall–Kier alpha value is -1.00. The maximum atomic E-state index is 12.2. The van der Waals surface area contributed by atoms with Gasteiger partial charge >= 0.3 is 12.1 Å². The average molecular weight is 210 g/mol. The van der Waals surface area contributed by atoms with E-state index in [9.17, 15) is 18.0 Å². The second kappa shape index (κ2) is 5.67. The molecular weight excluding hydrogens is 197 g/mol. The minimum absolute atomic E-state index is 0.328. The summed E-state index contributed by atoms with van der Waals surface area (Å²) in [5.41, 5.74) is -0.734. The Morgan fingerprint density at radius 3 is 2.29 bits per heavy atom. The Morgan fingerprint density at radius 2 is 1.93 bits per heavy atom. The number of alkyl halides is 3. The van der Waals surface area contributed by atoms with Gasteiger partial charge < -0.3 is 5.11 Å². The molecule has 0 fully saturated rings. The van der Waals surface area contributed by atoms with Crippen molar-refractivity contribution >= 4 is 5.97 Å². The first-order chi connectivity index (χ1) is 6.38. The summed E-state index contributed by atoms with van der Waals surface area (Å²) in [4.78, 5) is 10.1. The van der Waals surface area contributed by atoms with Crippen LogP contribution < -0.4 is 0 Å². The van der Waals surface area contributed by atoms with Crippen LogP contribution in [0.2, 0.25) is 0 Å². The van der Waals surface area contributed by atoms with Crippen LogP contribution in [0.5, 0.6) is 0 Å². The van der Waals surface area contributed by atoms with Crippen LogP contribution in [0, 0.1) is 0 Å². The fourth-order valence-electron chi connectivity index (χ4n) is 0.920. The minimum atomic E-state index is -4.40. The molecule has 0 radical (unpaired) electrons. The molecule has 0 aliphatic carbocycles. The van der Waals surface area contributed by atoms with Gasteiger partial charge in [-0.1, -0.05) is 19.4 Å². The van der Waals surface area contributed by atoms with Crippen molar-refractivity contribution in [1.82, 2.24) is 0 Å². The van der Waals surface area contributed by atoms with E-state index in [1.54, 1.807) is 6.92 Å². The van der Waals surface area contributed by atoms with Crippen LogP contribution >= 0.6 is 0 Å². The molecule has 14 heavy (non-hydrogen) atoms. The SMILES string of the molecule is CCC/C=C(\CCC(=O)O)C(F)(F)F. The molecular formula is C9H13F3O2. The molecule has 0 heterocycles. The van der Waals surface area contributed by atoms with Crippen LogP contribution in [0.3, 0.4) is 0 Å². The predicted molar refractivity (Wildman–Crippen MR) is 45.9 cm³/mol. The molecule has 2 nitrogen and oxygen atoms in total. The topological polar surface area (TPSA) is 37.3 Å². The van der Waals surface area contributed by atoms with E-state index in [4.69, 9.17) is 5.11 Å². The molecule has 0 rings (SSSR count). The number of carboxylic acid groups (broad SMARTS) is 1. The fourth-order valence-corrected chi connectivity index (χ4v) is 0.920. The van der Waals surface area contributed by atoms with Crippen LogP contribution in [0.25, 0.3) is 0 Å². The lowest BCUT2D eigenvalue weighted by Crippen LogP contribution is -2.13. The summed E-state index contributed by atoms with van der Waals surface area (Å²) in [6.45, 7) is 1.77. The molecule has 0 atom stereocenters. The van der Waals surface area contributed by atoms with E-state index >= 15 is 0 Å². The first-order valence-corrected chi connectivity index (χ1v) is 4.36. The van der Waals surface area contributed by atoms with Crippen molar-refractivity contribution in [2.45, 2.75) is 38.8 Å². The van der Waals surface area contributed by atoms with Gasteiger partial charge in [-0.05, 0) is 12.8 Å². The lowest BCUT2D eigenvalue weighted by Gasteiger charge is -2.10. The molecule has 0 unspecified atom stereocenters. The van der Waals surface area contributed by atoms with Crippen molar-refractivity contribution in [3.05, 3.63) is 11.6 Å². The number of hydrogen-bond donors (Lipinski definition) is 1. The Balaban J connectivity index is 4.33. The highest BCUT2D eigenvalue weighted by atomic mass is 19.4. The third kappa shape index (κ3) is 5.61. The lowest BCUT2D eigenvalue weighted by molar-refractivity contribution is -0.137. The largest absolute Gasteiger partial charge is 0.481 e. The van der Waals surface area contributed by atoms with Gasteiger partial charge in [-0.25, -0.2) is 0 Å². The number of carbonyl (C=O) groups is 1. The minimum Gasteiger partial charge on any atom is -0.481 e. The molecule has 0 saturated carbocycles. The van der Waals surface area contributed by atoms with Gasteiger partial charge in [-0.3, -0.25) is 4.79 Å². The van der Waals surface area contributed by atoms with Crippen LogP contribution in [-0.4, -0.2) is 17.3 Å². The third-order valence-electron chi connectivity index (χ3n) is 1.65. The Labute approximate surface area is 80.4 Å². The highest BCUT2D eigenvalue weighted by Gasteiger charge is 2.32. The van der Waals surface area contributed by atoms with Crippen molar-refractivity contribution < 1.29 is 23.1 Å². The van der Waals surface area contributed by atoms with Crippen molar-refractivity contribution in [2.75, 3.05) is 0 Å². The Morgan fingerprint density at radius 1 is 1.36 bits per heavy atom. The standard InChI is InChI=1S/C9H13F3O2/c1-2-3-4-7(9(10,11)12)5-6-8(13)14/h4H,2-3,5-6H2,1H3,(H,13,14)/b7-4+. The molecule has 1 N–H and O–H groups in total. The molecule has 0 saturated heterocycles. The number of rotatable bonds is 5. The molecule has 0 aliphatic heterocycles. The monoisotopic (exact) mass is 210 g/mol. The highest BCUT2D eigenvalue weighted by molar-refractivity contribution is 5.67. The van der Waals surface area contributed by atoms with Crippen molar-refractivity contribution in [3.63, 3.8) is 0 Å². The van der Waals surface area contributed by atoms with E-state index < -0.39 is 30.6 Å². The summed E-state index contributed by atoms with van der Waals surface area (Å²) in [5, 5.41) is 8.26. The second-order valence-corrected chi connectivity index (χ2v) is 2.91. The number of halogens is 3. The van der Waals surface area contributed by atoms with Gasteiger partial charge in [0.1, 0.15) is 0 Å². The Kier molecular flexibility index (Phi) is 5.27. The Bertz CT molecular complexity index is 219. The zero-order valence-electron chi connectivity index (χ0n) is 7.90. The molecule has 0 spiro atoms. The van der Waals surface area contributed by atoms with E-state index in [2.05, 4.69) is 0 Å². The average Bonchev–Trinajstić information content (AvgIpc) is 2.01. The first-order valence-electron chi connectivity index (χ1n) is 4.36. The molecule has 0 aromatic carbocycles. The summed E-state index contributed by atoms with van der Waals surface area (Å²) in [6, 6.07) is 0. The zero-order chi connectivity index (χ0) is 11.2. The van der Waals surface area contributed by atoms with Gasteiger partial charge in [0.25, 0.3) is 0 Å². The van der Waals surface area contributed by atoms with Crippen LogP contribution in [0.1, 0.15) is 32.6 Å². The fraction of sp³-hybridized carbons (Fsp3) is 0.667. The zero-order valence-corrected chi connectivity index (χ0v) is 7.90. The summed E-state index contributed by atoms with van der Waals surface area (Å²) < 4.78 is 36.7. The molecule has 0 bridgehead atoms. The van der Waals surface area contributed by atoms with E-state index in [0.717, 1.165) is 6.08 Å².